The normalized spacial score (nSPS) is 27.4. The molecule has 4 nitrogen and oxygen atoms in total. The van der Waals surface area contributed by atoms with E-state index in [9.17, 15) is 13.2 Å². The minimum absolute atomic E-state index is 0.0582. The van der Waals surface area contributed by atoms with Crippen molar-refractivity contribution in [1.29, 1.82) is 0 Å². The van der Waals surface area contributed by atoms with Crippen LogP contribution >= 0.6 is 0 Å². The molecule has 1 saturated carbocycles. The zero-order valence-corrected chi connectivity index (χ0v) is 22.0. The highest BCUT2D eigenvalue weighted by molar-refractivity contribution is 5.35. The number of nitrogens with one attached hydrogen (secondary N) is 1. The van der Waals surface area contributed by atoms with E-state index in [-0.39, 0.29) is 29.7 Å². The largest absolute Gasteiger partial charge is 0.416 e. The molecule has 4 atom stereocenters. The van der Waals surface area contributed by atoms with Gasteiger partial charge < -0.3 is 15.1 Å². The van der Waals surface area contributed by atoms with Gasteiger partial charge in [-0.15, -0.1) is 0 Å². The number of benzene rings is 2. The minimum atomic E-state index is -4.42. The van der Waals surface area contributed by atoms with Gasteiger partial charge in [-0.25, -0.2) is 0 Å². The molecule has 200 valence electrons. The molecule has 0 spiro atoms. The number of alkyl halides is 3. The van der Waals surface area contributed by atoms with Gasteiger partial charge in [0.05, 0.1) is 11.6 Å². The van der Waals surface area contributed by atoms with Crippen LogP contribution in [0.3, 0.4) is 0 Å². The average molecular weight is 514 g/mol. The van der Waals surface area contributed by atoms with Gasteiger partial charge in [0.2, 0.25) is 0 Å². The number of halogens is 3. The Balaban J connectivity index is 1.46. The van der Waals surface area contributed by atoms with Gasteiger partial charge in [-0.3, -0.25) is 0 Å². The summed E-state index contributed by atoms with van der Waals surface area (Å²) >= 11 is 0. The zero-order chi connectivity index (χ0) is 26.2. The lowest BCUT2D eigenvalue weighted by atomic mass is 9.76. The van der Waals surface area contributed by atoms with Crippen LogP contribution in [-0.4, -0.2) is 41.7 Å². The van der Waals surface area contributed by atoms with Crippen molar-refractivity contribution in [3.8, 4) is 5.75 Å². The molecule has 2 heterocycles. The first-order valence-corrected chi connectivity index (χ1v) is 13.6. The van der Waals surface area contributed by atoms with Gasteiger partial charge in [-0.1, -0.05) is 43.3 Å². The molecule has 0 radical (unpaired) electrons. The quantitative estimate of drug-likeness (QED) is 0.440. The van der Waals surface area contributed by atoms with Crippen LogP contribution < -0.4 is 10.2 Å². The minimum Gasteiger partial charge on any atom is -0.378 e. The van der Waals surface area contributed by atoms with E-state index in [1.165, 1.54) is 31.0 Å². The van der Waals surface area contributed by atoms with Crippen molar-refractivity contribution < 1.29 is 18.0 Å². The summed E-state index contributed by atoms with van der Waals surface area (Å²) in [6, 6.07) is 15.9. The number of allylic oxidation sites excluding steroid dienone is 1. The standard InChI is InChI=1S/C30H38F3N3O/c1-20-22(3)36(37-27-13-7-11-25(17-27)30(31,32)33)29(21(2)28(20)24-9-5-4-6-10-24)34-26-12-8-16-35(19-26)18-23-14-15-23/h4-7,9-11,13,17,20,22-23,26,28,34H,8,12,14-16,18-19H2,1-3H3/t20?,22?,26-,28?/m1/s1. The zero-order valence-electron chi connectivity index (χ0n) is 22.0. The Hall–Kier alpha value is -2.67. The molecule has 37 heavy (non-hydrogen) atoms. The Labute approximate surface area is 218 Å². The fourth-order valence-corrected chi connectivity index (χ4v) is 5.97. The maximum absolute atomic E-state index is 13.4. The highest BCUT2D eigenvalue weighted by Gasteiger charge is 2.40. The van der Waals surface area contributed by atoms with E-state index in [0.29, 0.717) is 0 Å². The van der Waals surface area contributed by atoms with Crippen molar-refractivity contribution in [2.45, 2.75) is 70.6 Å². The molecule has 5 rings (SSSR count). The molecule has 0 amide bonds. The van der Waals surface area contributed by atoms with Gasteiger partial charge in [0.1, 0.15) is 5.82 Å². The van der Waals surface area contributed by atoms with E-state index in [1.807, 2.05) is 11.1 Å². The second-order valence-electron chi connectivity index (χ2n) is 11.1. The fraction of sp³-hybridized carbons (Fsp3) is 0.533. The van der Waals surface area contributed by atoms with Crippen LogP contribution in [-0.2, 0) is 6.18 Å². The smallest absolute Gasteiger partial charge is 0.378 e. The van der Waals surface area contributed by atoms with Crippen LogP contribution in [0.5, 0.6) is 5.75 Å². The molecular formula is C30H38F3N3O. The van der Waals surface area contributed by atoms with Gasteiger partial charge in [0, 0.05) is 25.0 Å². The van der Waals surface area contributed by atoms with Crippen LogP contribution in [0.15, 0.2) is 66.0 Å². The van der Waals surface area contributed by atoms with Crippen LogP contribution in [0.25, 0.3) is 0 Å². The number of rotatable bonds is 7. The van der Waals surface area contributed by atoms with E-state index in [1.54, 1.807) is 6.07 Å². The number of hydrogen-bond acceptors (Lipinski definition) is 4. The first-order valence-electron chi connectivity index (χ1n) is 13.6. The summed E-state index contributed by atoms with van der Waals surface area (Å²) < 4.78 is 40.2. The molecular weight excluding hydrogens is 475 g/mol. The predicted octanol–water partition coefficient (Wildman–Crippen LogP) is 6.82. The van der Waals surface area contributed by atoms with Crippen molar-refractivity contribution >= 4 is 0 Å². The molecule has 0 bridgehead atoms. The molecule has 2 aliphatic heterocycles. The number of piperidine rings is 1. The number of hydroxylamine groups is 2. The Kier molecular flexibility index (Phi) is 7.44. The van der Waals surface area contributed by atoms with Crippen molar-refractivity contribution in [1.82, 2.24) is 15.3 Å². The van der Waals surface area contributed by atoms with Gasteiger partial charge in [0.15, 0.2) is 5.75 Å². The Bertz CT molecular complexity index is 1100. The second-order valence-corrected chi connectivity index (χ2v) is 11.1. The summed E-state index contributed by atoms with van der Waals surface area (Å²) in [6.45, 7) is 9.71. The van der Waals surface area contributed by atoms with Crippen molar-refractivity contribution in [2.24, 2.45) is 11.8 Å². The maximum atomic E-state index is 13.4. The second kappa shape index (κ2) is 10.6. The third kappa shape index (κ3) is 5.92. The van der Waals surface area contributed by atoms with Crippen LogP contribution in [0, 0.1) is 11.8 Å². The molecule has 0 aromatic heterocycles. The van der Waals surface area contributed by atoms with E-state index >= 15 is 0 Å². The van der Waals surface area contributed by atoms with Gasteiger partial charge in [0.25, 0.3) is 0 Å². The highest BCUT2D eigenvalue weighted by Crippen LogP contribution is 2.43. The molecule has 2 aromatic carbocycles. The van der Waals surface area contributed by atoms with E-state index in [4.69, 9.17) is 4.84 Å². The van der Waals surface area contributed by atoms with Crippen LogP contribution in [0.1, 0.15) is 63.5 Å². The lowest BCUT2D eigenvalue weighted by Gasteiger charge is -2.46. The first kappa shape index (κ1) is 26.0. The summed E-state index contributed by atoms with van der Waals surface area (Å²) in [5, 5.41) is 5.64. The average Bonchev–Trinajstić information content (AvgIpc) is 3.69. The Morgan fingerprint density at radius 3 is 2.46 bits per heavy atom. The summed E-state index contributed by atoms with van der Waals surface area (Å²) in [5.74, 6) is 2.30. The summed E-state index contributed by atoms with van der Waals surface area (Å²) in [6.07, 6.45) is 0.463. The SMILES string of the molecule is CC1=C(N[C@@H]2CCCN(CC3CC3)C2)N(Oc2cccc(C(F)(F)F)c2)C(C)C(C)C1c1ccccc1. The summed E-state index contributed by atoms with van der Waals surface area (Å²) in [5.41, 5.74) is 1.70. The Morgan fingerprint density at radius 1 is 1.00 bits per heavy atom. The van der Waals surface area contributed by atoms with Gasteiger partial charge >= 0.3 is 6.18 Å². The van der Waals surface area contributed by atoms with Crippen molar-refractivity contribution in [3.63, 3.8) is 0 Å². The number of likely N-dealkylation sites (tertiary alicyclic amines) is 1. The molecule has 3 aliphatic rings. The van der Waals surface area contributed by atoms with Crippen LogP contribution in [0.4, 0.5) is 13.2 Å². The molecule has 1 saturated heterocycles. The molecule has 1 aliphatic carbocycles. The highest BCUT2D eigenvalue weighted by atomic mass is 19.4. The van der Waals surface area contributed by atoms with Crippen LogP contribution in [0.2, 0.25) is 0 Å². The van der Waals surface area contributed by atoms with Crippen molar-refractivity contribution in [2.75, 3.05) is 19.6 Å². The molecule has 1 N–H and O–H groups in total. The number of nitrogens with zero attached hydrogens (tertiary/aromatic N) is 2. The summed E-state index contributed by atoms with van der Waals surface area (Å²) in [7, 11) is 0. The van der Waals surface area contributed by atoms with Gasteiger partial charge in [-0.05, 0) is 87.2 Å². The monoisotopic (exact) mass is 513 g/mol. The maximum Gasteiger partial charge on any atom is 0.416 e. The molecule has 2 fully saturated rings. The van der Waals surface area contributed by atoms with Gasteiger partial charge in [-0.2, -0.15) is 18.2 Å². The molecule has 7 heteroatoms. The fourth-order valence-electron chi connectivity index (χ4n) is 5.97. The first-order chi connectivity index (χ1) is 17.7. The molecule has 2 aromatic rings. The number of hydrogen-bond donors (Lipinski definition) is 1. The molecule has 3 unspecified atom stereocenters. The van der Waals surface area contributed by atoms with E-state index < -0.39 is 11.7 Å². The summed E-state index contributed by atoms with van der Waals surface area (Å²) in [4.78, 5) is 8.85. The Morgan fingerprint density at radius 2 is 1.76 bits per heavy atom. The van der Waals surface area contributed by atoms with E-state index in [2.05, 4.69) is 55.3 Å². The predicted molar refractivity (Wildman–Crippen MR) is 140 cm³/mol. The lowest BCUT2D eigenvalue weighted by molar-refractivity contribution is -0.138. The topological polar surface area (TPSA) is 27.7 Å². The third-order valence-electron chi connectivity index (χ3n) is 8.30. The van der Waals surface area contributed by atoms with E-state index in [0.717, 1.165) is 55.4 Å². The third-order valence-corrected chi connectivity index (χ3v) is 8.30. The lowest BCUT2D eigenvalue weighted by Crippen LogP contribution is -2.54. The van der Waals surface area contributed by atoms with Crippen molar-refractivity contribution in [3.05, 3.63) is 77.1 Å².